The van der Waals surface area contributed by atoms with Crippen LogP contribution < -0.4 is 0 Å². The van der Waals surface area contributed by atoms with Gasteiger partial charge in [0.1, 0.15) is 0 Å². The maximum absolute atomic E-state index is 12.2. The quantitative estimate of drug-likeness (QED) is 0.858. The zero-order valence-electron chi connectivity index (χ0n) is 9.86. The Morgan fingerprint density at radius 3 is 2.82 bits per heavy atom. The van der Waals surface area contributed by atoms with Crippen molar-refractivity contribution in [2.75, 3.05) is 26.8 Å². The highest BCUT2D eigenvalue weighted by Gasteiger charge is 2.26. The summed E-state index contributed by atoms with van der Waals surface area (Å²) in [5, 5.41) is 0. The van der Waals surface area contributed by atoms with Gasteiger partial charge in [0.25, 0.3) is 5.91 Å². The topological polar surface area (TPSA) is 29.5 Å². The first-order valence-corrected chi connectivity index (χ1v) is 6.54. The van der Waals surface area contributed by atoms with Gasteiger partial charge in [-0.15, -0.1) is 0 Å². The monoisotopic (exact) mass is 297 g/mol. The van der Waals surface area contributed by atoms with Crippen LogP contribution in [0.4, 0.5) is 0 Å². The molecule has 0 saturated carbocycles. The molecule has 1 heterocycles. The van der Waals surface area contributed by atoms with Crippen LogP contribution in [0.1, 0.15) is 16.8 Å². The minimum Gasteiger partial charge on any atom is -0.384 e. The SMILES string of the molecule is COCC1CCN(C(=O)c2ccc(Br)cc2)C1. The lowest BCUT2D eigenvalue weighted by atomic mass is 10.1. The van der Waals surface area contributed by atoms with E-state index < -0.39 is 0 Å². The van der Waals surface area contributed by atoms with Crippen LogP contribution in [0.15, 0.2) is 28.7 Å². The van der Waals surface area contributed by atoms with Crippen molar-refractivity contribution >= 4 is 21.8 Å². The van der Waals surface area contributed by atoms with Crippen molar-refractivity contribution in [1.29, 1.82) is 0 Å². The number of likely N-dealkylation sites (tertiary alicyclic amines) is 1. The Labute approximate surface area is 110 Å². The predicted molar refractivity (Wildman–Crippen MR) is 70.0 cm³/mol. The van der Waals surface area contributed by atoms with Crippen molar-refractivity contribution in [2.24, 2.45) is 5.92 Å². The Morgan fingerprint density at radius 1 is 1.47 bits per heavy atom. The van der Waals surface area contributed by atoms with Crippen LogP contribution in [0.25, 0.3) is 0 Å². The van der Waals surface area contributed by atoms with E-state index in [0.29, 0.717) is 5.92 Å². The fraction of sp³-hybridized carbons (Fsp3) is 0.462. The van der Waals surface area contributed by atoms with E-state index in [1.54, 1.807) is 7.11 Å². The Kier molecular flexibility index (Phi) is 4.18. The number of benzene rings is 1. The second-order valence-electron chi connectivity index (χ2n) is 4.37. The van der Waals surface area contributed by atoms with E-state index in [1.807, 2.05) is 29.2 Å². The van der Waals surface area contributed by atoms with Gasteiger partial charge in [-0.3, -0.25) is 4.79 Å². The van der Waals surface area contributed by atoms with Crippen molar-refractivity contribution in [1.82, 2.24) is 4.90 Å². The van der Waals surface area contributed by atoms with Gasteiger partial charge in [-0.2, -0.15) is 0 Å². The summed E-state index contributed by atoms with van der Waals surface area (Å²) in [5.74, 6) is 0.607. The van der Waals surface area contributed by atoms with E-state index in [2.05, 4.69) is 15.9 Å². The molecule has 0 aromatic heterocycles. The minimum absolute atomic E-state index is 0.121. The van der Waals surface area contributed by atoms with Gasteiger partial charge in [0, 0.05) is 36.2 Å². The Bertz CT molecular complexity index is 391. The van der Waals surface area contributed by atoms with Gasteiger partial charge in [-0.1, -0.05) is 15.9 Å². The molecule has 1 aromatic rings. The van der Waals surface area contributed by atoms with Crippen LogP contribution in [0, 0.1) is 5.92 Å². The van der Waals surface area contributed by atoms with Crippen LogP contribution in [0.2, 0.25) is 0 Å². The maximum Gasteiger partial charge on any atom is 0.253 e. The lowest BCUT2D eigenvalue weighted by Crippen LogP contribution is -2.29. The van der Waals surface area contributed by atoms with Crippen molar-refractivity contribution in [3.05, 3.63) is 34.3 Å². The first-order valence-electron chi connectivity index (χ1n) is 5.74. The van der Waals surface area contributed by atoms with Gasteiger partial charge in [0.15, 0.2) is 0 Å². The molecule has 1 unspecified atom stereocenters. The van der Waals surface area contributed by atoms with E-state index in [1.165, 1.54) is 0 Å². The van der Waals surface area contributed by atoms with Crippen LogP contribution >= 0.6 is 15.9 Å². The van der Waals surface area contributed by atoms with E-state index in [0.717, 1.165) is 36.2 Å². The third-order valence-electron chi connectivity index (χ3n) is 3.07. The van der Waals surface area contributed by atoms with Crippen LogP contribution in [-0.4, -0.2) is 37.6 Å². The van der Waals surface area contributed by atoms with Crippen molar-refractivity contribution in [3.8, 4) is 0 Å². The highest BCUT2D eigenvalue weighted by Crippen LogP contribution is 2.19. The smallest absolute Gasteiger partial charge is 0.253 e. The van der Waals surface area contributed by atoms with E-state index in [9.17, 15) is 4.79 Å². The summed E-state index contributed by atoms with van der Waals surface area (Å²) < 4.78 is 6.12. The summed E-state index contributed by atoms with van der Waals surface area (Å²) >= 11 is 3.37. The highest BCUT2D eigenvalue weighted by atomic mass is 79.9. The molecule has 1 aliphatic heterocycles. The number of carbonyl (C=O) groups excluding carboxylic acids is 1. The summed E-state index contributed by atoms with van der Waals surface area (Å²) in [4.78, 5) is 14.1. The number of ether oxygens (including phenoxy) is 1. The third-order valence-corrected chi connectivity index (χ3v) is 3.60. The molecular formula is C13H16BrNO2. The second-order valence-corrected chi connectivity index (χ2v) is 5.28. The van der Waals surface area contributed by atoms with E-state index in [-0.39, 0.29) is 5.91 Å². The molecule has 1 saturated heterocycles. The number of hydrogen-bond acceptors (Lipinski definition) is 2. The van der Waals surface area contributed by atoms with Gasteiger partial charge >= 0.3 is 0 Å². The molecule has 1 amide bonds. The number of halogens is 1. The van der Waals surface area contributed by atoms with Crippen molar-refractivity contribution < 1.29 is 9.53 Å². The normalized spacial score (nSPS) is 19.6. The average molecular weight is 298 g/mol. The van der Waals surface area contributed by atoms with Crippen LogP contribution in [-0.2, 0) is 4.74 Å². The summed E-state index contributed by atoms with van der Waals surface area (Å²) in [6.45, 7) is 2.38. The summed E-state index contributed by atoms with van der Waals surface area (Å²) in [6.07, 6.45) is 1.04. The minimum atomic E-state index is 0.121. The number of nitrogens with zero attached hydrogens (tertiary/aromatic N) is 1. The molecule has 1 aromatic carbocycles. The molecule has 1 fully saturated rings. The number of rotatable bonds is 3. The molecule has 2 rings (SSSR count). The van der Waals surface area contributed by atoms with Gasteiger partial charge in [-0.25, -0.2) is 0 Å². The molecule has 1 aliphatic rings. The number of hydrogen-bond donors (Lipinski definition) is 0. The Morgan fingerprint density at radius 2 is 2.18 bits per heavy atom. The van der Waals surface area contributed by atoms with E-state index in [4.69, 9.17) is 4.74 Å². The largest absolute Gasteiger partial charge is 0.384 e. The molecule has 17 heavy (non-hydrogen) atoms. The molecule has 3 nitrogen and oxygen atoms in total. The lowest BCUT2D eigenvalue weighted by molar-refractivity contribution is 0.0775. The van der Waals surface area contributed by atoms with Crippen LogP contribution in [0.3, 0.4) is 0 Å². The van der Waals surface area contributed by atoms with Crippen molar-refractivity contribution in [2.45, 2.75) is 6.42 Å². The number of carbonyl (C=O) groups is 1. The zero-order chi connectivity index (χ0) is 12.3. The molecule has 0 N–H and O–H groups in total. The van der Waals surface area contributed by atoms with Gasteiger partial charge in [-0.05, 0) is 30.7 Å². The number of amides is 1. The third kappa shape index (κ3) is 3.07. The van der Waals surface area contributed by atoms with Gasteiger partial charge in [0.05, 0.1) is 6.61 Å². The lowest BCUT2D eigenvalue weighted by Gasteiger charge is -2.16. The molecular weight excluding hydrogens is 282 g/mol. The fourth-order valence-corrected chi connectivity index (χ4v) is 2.43. The molecule has 0 aliphatic carbocycles. The molecule has 1 atom stereocenters. The zero-order valence-corrected chi connectivity index (χ0v) is 11.4. The number of methoxy groups -OCH3 is 1. The first-order chi connectivity index (χ1) is 8.20. The predicted octanol–water partition coefficient (Wildman–Crippen LogP) is 2.56. The fourth-order valence-electron chi connectivity index (χ4n) is 2.16. The molecule has 0 spiro atoms. The van der Waals surface area contributed by atoms with Gasteiger partial charge in [0.2, 0.25) is 0 Å². The maximum atomic E-state index is 12.2. The highest BCUT2D eigenvalue weighted by molar-refractivity contribution is 9.10. The van der Waals surface area contributed by atoms with Crippen LogP contribution in [0.5, 0.6) is 0 Å². The van der Waals surface area contributed by atoms with Crippen molar-refractivity contribution in [3.63, 3.8) is 0 Å². The summed E-state index contributed by atoms with van der Waals surface area (Å²) in [5.41, 5.74) is 0.756. The Hall–Kier alpha value is -0.870. The average Bonchev–Trinajstić information content (AvgIpc) is 2.78. The molecule has 4 heteroatoms. The summed E-state index contributed by atoms with van der Waals surface area (Å²) in [6, 6.07) is 7.51. The van der Waals surface area contributed by atoms with E-state index >= 15 is 0 Å². The summed E-state index contributed by atoms with van der Waals surface area (Å²) in [7, 11) is 1.71. The van der Waals surface area contributed by atoms with Gasteiger partial charge < -0.3 is 9.64 Å². The standard InChI is InChI=1S/C13H16BrNO2/c1-17-9-10-6-7-15(8-10)13(16)11-2-4-12(14)5-3-11/h2-5,10H,6-9H2,1H3. The molecule has 92 valence electrons. The Balaban J connectivity index is 1.99. The molecule has 0 radical (unpaired) electrons. The second kappa shape index (κ2) is 5.65. The molecule has 0 bridgehead atoms. The first kappa shape index (κ1) is 12.6.